The summed E-state index contributed by atoms with van der Waals surface area (Å²) >= 11 is 0. The zero-order chi connectivity index (χ0) is 23.2. The van der Waals surface area contributed by atoms with Gasteiger partial charge in [-0.25, -0.2) is 15.0 Å². The lowest BCUT2D eigenvalue weighted by Crippen LogP contribution is -2.28. The number of aromatic nitrogens is 4. The lowest BCUT2D eigenvalue weighted by molar-refractivity contribution is -0.141. The number of amides is 1. The molecule has 0 aromatic carbocycles. The summed E-state index contributed by atoms with van der Waals surface area (Å²) in [5.74, 6) is -1.02. The first kappa shape index (κ1) is 22.5. The third-order valence-electron chi connectivity index (χ3n) is 3.94. The number of rotatable bonds is 4. The molecule has 7 nitrogen and oxygen atoms in total. The Morgan fingerprint density at radius 2 is 1.61 bits per heavy atom. The highest BCUT2D eigenvalue weighted by Crippen LogP contribution is 2.32. The average molecular weight is 447 g/mol. The Bertz CT molecular complexity index is 1110. The topological polar surface area (TPSA) is 92.9 Å². The standard InChI is InChI=1S/C18H15F6N5O2/c1-16(2,31)7-13(30)28-15-26-10-4-6-12(18(22,23)24)27-14(10)29(15)9-3-5-11(25-8-9)17(19,20)21/h3-6,8,31H,7H2,1-2H3,(H,26,28,30). The predicted molar refractivity (Wildman–Crippen MR) is 96.2 cm³/mol. The number of nitrogens with one attached hydrogen (secondary N) is 1. The van der Waals surface area contributed by atoms with Crippen LogP contribution in [0.3, 0.4) is 0 Å². The average Bonchev–Trinajstić information content (AvgIpc) is 2.95. The fourth-order valence-corrected chi connectivity index (χ4v) is 2.69. The van der Waals surface area contributed by atoms with E-state index < -0.39 is 35.2 Å². The van der Waals surface area contributed by atoms with Crippen molar-refractivity contribution in [1.29, 1.82) is 0 Å². The van der Waals surface area contributed by atoms with Gasteiger partial charge in [0.1, 0.15) is 16.9 Å². The van der Waals surface area contributed by atoms with E-state index >= 15 is 0 Å². The Balaban J connectivity index is 2.15. The highest BCUT2D eigenvalue weighted by atomic mass is 19.4. The molecule has 0 bridgehead atoms. The van der Waals surface area contributed by atoms with Crippen LogP contribution >= 0.6 is 0 Å². The molecule has 3 aromatic rings. The van der Waals surface area contributed by atoms with Crippen LogP contribution in [0.4, 0.5) is 32.3 Å². The van der Waals surface area contributed by atoms with Crippen LogP contribution < -0.4 is 5.32 Å². The van der Waals surface area contributed by atoms with E-state index in [2.05, 4.69) is 20.3 Å². The summed E-state index contributed by atoms with van der Waals surface area (Å²) < 4.78 is 78.7. The number of alkyl halides is 6. The zero-order valence-electron chi connectivity index (χ0n) is 16.0. The molecule has 0 unspecified atom stereocenters. The molecule has 1 amide bonds. The highest BCUT2D eigenvalue weighted by Gasteiger charge is 2.34. The van der Waals surface area contributed by atoms with E-state index in [4.69, 9.17) is 0 Å². The maximum atomic E-state index is 13.1. The normalized spacial score (nSPS) is 12.9. The molecule has 13 heteroatoms. The van der Waals surface area contributed by atoms with Crippen molar-refractivity contribution >= 4 is 23.0 Å². The van der Waals surface area contributed by atoms with E-state index in [1.807, 2.05) is 0 Å². The minimum Gasteiger partial charge on any atom is -0.390 e. The number of halogens is 6. The fraction of sp³-hybridized carbons (Fsp3) is 0.333. The van der Waals surface area contributed by atoms with Gasteiger partial charge in [0.25, 0.3) is 0 Å². The number of nitrogens with zero attached hydrogens (tertiary/aromatic N) is 4. The van der Waals surface area contributed by atoms with Crippen molar-refractivity contribution in [1.82, 2.24) is 19.5 Å². The second-order valence-electron chi connectivity index (χ2n) is 7.24. The molecule has 0 saturated heterocycles. The van der Waals surface area contributed by atoms with Crippen molar-refractivity contribution in [2.45, 2.75) is 38.2 Å². The summed E-state index contributed by atoms with van der Waals surface area (Å²) in [6, 6.07) is 3.31. The monoisotopic (exact) mass is 447 g/mol. The van der Waals surface area contributed by atoms with E-state index in [-0.39, 0.29) is 29.2 Å². The van der Waals surface area contributed by atoms with Crippen LogP contribution in [0.2, 0.25) is 0 Å². The molecule has 0 aliphatic heterocycles. The number of aliphatic hydroxyl groups is 1. The number of carbonyl (C=O) groups excluding carboxylic acids is 1. The van der Waals surface area contributed by atoms with E-state index in [1.54, 1.807) is 0 Å². The van der Waals surface area contributed by atoms with Crippen LogP contribution in [0.15, 0.2) is 30.5 Å². The number of fused-ring (bicyclic) bond motifs is 1. The summed E-state index contributed by atoms with van der Waals surface area (Å²) in [6.07, 6.45) is -9.10. The summed E-state index contributed by atoms with van der Waals surface area (Å²) in [4.78, 5) is 23.0. The first-order valence-corrected chi connectivity index (χ1v) is 8.68. The molecule has 0 atom stereocenters. The van der Waals surface area contributed by atoms with Crippen LogP contribution in [0, 0.1) is 0 Å². The van der Waals surface area contributed by atoms with Crippen molar-refractivity contribution in [3.63, 3.8) is 0 Å². The Hall–Kier alpha value is -3.22. The van der Waals surface area contributed by atoms with Gasteiger partial charge in [0.05, 0.1) is 23.9 Å². The van der Waals surface area contributed by atoms with Crippen LogP contribution in [-0.2, 0) is 17.1 Å². The number of hydrogen-bond acceptors (Lipinski definition) is 5. The van der Waals surface area contributed by atoms with Crippen molar-refractivity contribution in [3.05, 3.63) is 41.9 Å². The van der Waals surface area contributed by atoms with E-state index in [0.717, 1.165) is 22.9 Å². The third-order valence-corrected chi connectivity index (χ3v) is 3.94. The fourth-order valence-electron chi connectivity index (χ4n) is 2.69. The van der Waals surface area contributed by atoms with E-state index in [0.29, 0.717) is 12.1 Å². The van der Waals surface area contributed by atoms with Gasteiger partial charge in [0.2, 0.25) is 11.9 Å². The lowest BCUT2D eigenvalue weighted by atomic mass is 10.1. The number of hydrogen-bond donors (Lipinski definition) is 2. The van der Waals surface area contributed by atoms with Gasteiger partial charge in [-0.1, -0.05) is 0 Å². The molecule has 0 aliphatic carbocycles. The second-order valence-corrected chi connectivity index (χ2v) is 7.24. The SMILES string of the molecule is CC(C)(O)CC(=O)Nc1nc2ccc(C(F)(F)F)nc2n1-c1ccc(C(F)(F)F)nc1. The third kappa shape index (κ3) is 5.10. The molecule has 3 rings (SSSR count). The Morgan fingerprint density at radius 3 is 2.13 bits per heavy atom. The second kappa shape index (κ2) is 7.48. The first-order chi connectivity index (χ1) is 14.1. The van der Waals surface area contributed by atoms with Crippen LogP contribution in [0.25, 0.3) is 16.9 Å². The van der Waals surface area contributed by atoms with Crippen molar-refractivity contribution < 1.29 is 36.2 Å². The smallest absolute Gasteiger partial charge is 0.390 e. The Kier molecular flexibility index (Phi) is 5.42. The molecule has 0 radical (unpaired) electrons. The van der Waals surface area contributed by atoms with Gasteiger partial charge in [-0.15, -0.1) is 0 Å². The van der Waals surface area contributed by atoms with Crippen molar-refractivity contribution in [3.8, 4) is 5.69 Å². The lowest BCUT2D eigenvalue weighted by Gasteiger charge is -2.16. The van der Waals surface area contributed by atoms with E-state index in [1.165, 1.54) is 13.8 Å². The Labute approximate surface area is 170 Å². The number of imidazole rings is 1. The first-order valence-electron chi connectivity index (χ1n) is 8.68. The van der Waals surface area contributed by atoms with Crippen molar-refractivity contribution in [2.75, 3.05) is 5.32 Å². The summed E-state index contributed by atoms with van der Waals surface area (Å²) in [6.45, 7) is 2.74. The maximum Gasteiger partial charge on any atom is 0.433 e. The predicted octanol–water partition coefficient (Wildman–Crippen LogP) is 3.95. The summed E-state index contributed by atoms with van der Waals surface area (Å²) in [7, 11) is 0. The number of anilines is 1. The van der Waals surface area contributed by atoms with Gasteiger partial charge in [0.15, 0.2) is 5.65 Å². The zero-order valence-corrected chi connectivity index (χ0v) is 16.0. The number of carbonyl (C=O) groups is 1. The van der Waals surface area contributed by atoms with Gasteiger partial charge in [-0.3, -0.25) is 14.7 Å². The largest absolute Gasteiger partial charge is 0.433 e. The van der Waals surface area contributed by atoms with Crippen molar-refractivity contribution in [2.24, 2.45) is 0 Å². The molecule has 0 spiro atoms. The minimum absolute atomic E-state index is 0.0496. The quantitative estimate of drug-likeness (QED) is 0.591. The molecule has 31 heavy (non-hydrogen) atoms. The molecule has 3 aromatic heterocycles. The summed E-state index contributed by atoms with van der Waals surface area (Å²) in [5.41, 5.74) is -4.37. The molecule has 0 fully saturated rings. The molecule has 0 aliphatic rings. The van der Waals surface area contributed by atoms with Gasteiger partial charge in [0, 0.05) is 0 Å². The van der Waals surface area contributed by atoms with Crippen LogP contribution in [-0.4, -0.2) is 36.1 Å². The minimum atomic E-state index is -4.79. The molecule has 166 valence electrons. The van der Waals surface area contributed by atoms with Gasteiger partial charge in [-0.05, 0) is 38.1 Å². The van der Waals surface area contributed by atoms with Crippen LogP contribution in [0.1, 0.15) is 31.7 Å². The Morgan fingerprint density at radius 1 is 1.00 bits per heavy atom. The summed E-state index contributed by atoms with van der Waals surface area (Å²) in [5, 5.41) is 12.1. The molecule has 3 heterocycles. The van der Waals surface area contributed by atoms with Gasteiger partial charge < -0.3 is 5.11 Å². The highest BCUT2D eigenvalue weighted by molar-refractivity contribution is 5.92. The number of pyridine rings is 2. The molecular weight excluding hydrogens is 432 g/mol. The van der Waals surface area contributed by atoms with Gasteiger partial charge >= 0.3 is 12.4 Å². The van der Waals surface area contributed by atoms with Gasteiger partial charge in [-0.2, -0.15) is 26.3 Å². The maximum absolute atomic E-state index is 13.1. The molecule has 2 N–H and O–H groups in total. The molecular formula is C18H15F6N5O2. The van der Waals surface area contributed by atoms with E-state index in [9.17, 15) is 36.2 Å². The molecule has 0 saturated carbocycles. The van der Waals surface area contributed by atoms with Crippen LogP contribution in [0.5, 0.6) is 0 Å².